The van der Waals surface area contributed by atoms with Crippen LogP contribution >= 0.6 is 0 Å². The van der Waals surface area contributed by atoms with Crippen LogP contribution in [0.5, 0.6) is 0 Å². The minimum atomic E-state index is -2.86. The molecule has 0 aliphatic carbocycles. The van der Waals surface area contributed by atoms with Gasteiger partial charge in [0.1, 0.15) is 0 Å². The molecule has 0 aromatic rings. The van der Waals surface area contributed by atoms with E-state index in [2.05, 4.69) is 0 Å². The van der Waals surface area contributed by atoms with Gasteiger partial charge >= 0.3 is 0 Å². The fourth-order valence-electron chi connectivity index (χ4n) is 0. The summed E-state index contributed by atoms with van der Waals surface area (Å²) in [6.07, 6.45) is 0. The van der Waals surface area contributed by atoms with Gasteiger partial charge in [0.2, 0.25) is 0 Å². The van der Waals surface area contributed by atoms with Crippen molar-refractivity contribution in [3.63, 3.8) is 0 Å². The van der Waals surface area contributed by atoms with E-state index in [1.807, 2.05) is 0 Å². The molecule has 0 atom stereocenters. The Hall–Kier alpha value is 0.624. The smallest absolute Gasteiger partial charge is 0.0495 e. The van der Waals surface area contributed by atoms with E-state index in [4.69, 9.17) is 13.0 Å². The predicted octanol–water partition coefficient (Wildman–Crippen LogP) is -0.234. The Morgan fingerprint density at radius 3 is 1.40 bits per heavy atom. The van der Waals surface area contributed by atoms with Crippen molar-refractivity contribution in [2.45, 2.75) is 0 Å². The van der Waals surface area contributed by atoms with Crippen LogP contribution in [0.2, 0.25) is 0 Å². The van der Waals surface area contributed by atoms with Gasteiger partial charge in [0.25, 0.3) is 0 Å². The molecule has 0 aliphatic heterocycles. The Labute approximate surface area is 46.0 Å². The molecule has 1 N–H and O–H groups in total. The molecule has 0 heterocycles. The molecule has 5 heteroatoms. The first-order chi connectivity index (χ1) is 1.73. The molecule has 0 spiro atoms. The van der Waals surface area contributed by atoms with E-state index in [-0.39, 0.29) is 21.7 Å². The first-order valence-electron chi connectivity index (χ1n) is 0.516. The topological polar surface area (TPSA) is 54.4 Å². The first-order valence-corrected chi connectivity index (χ1v) is 1.55. The molecule has 0 saturated heterocycles. The molecule has 0 aliphatic rings. The molecule has 0 amide bonds. The van der Waals surface area contributed by atoms with Gasteiger partial charge in [-0.25, -0.2) is 0 Å². The van der Waals surface area contributed by atoms with E-state index in [9.17, 15) is 0 Å². The molecule has 0 radical (unpaired) electrons. The minimum Gasteiger partial charge on any atom is -0.439 e. The summed E-state index contributed by atoms with van der Waals surface area (Å²) in [4.78, 5) is 0. The monoisotopic (exact) mass is 129 g/mol. The maximum atomic E-state index is 8.56. The summed E-state index contributed by atoms with van der Waals surface area (Å²) in [5, 5.41) is 0. The Kier molecular flexibility index (Phi) is 8.47. The van der Waals surface area contributed by atoms with Crippen molar-refractivity contribution in [2.75, 3.05) is 0 Å². The second-order valence-corrected chi connectivity index (χ2v) is 0.651. The van der Waals surface area contributed by atoms with Crippen LogP contribution in [0, 0.1) is 0 Å². The van der Waals surface area contributed by atoms with Gasteiger partial charge in [-0.15, -0.1) is 0 Å². The normalized spacial score (nSPS) is 6.80. The van der Waals surface area contributed by atoms with Gasteiger partial charge in [-0.2, -0.15) is 0 Å². The van der Waals surface area contributed by atoms with Gasteiger partial charge in [-0.05, 0) is 0 Å². The summed E-state index contributed by atoms with van der Waals surface area (Å²) in [7, 11) is -2.86. The SMILES string of the molecule is O=[S-](=O)O.[Ti]. The summed E-state index contributed by atoms with van der Waals surface area (Å²) in [6.45, 7) is 0. The third kappa shape index (κ3) is 81.7. The Balaban J connectivity index is 0. The van der Waals surface area contributed by atoms with Crippen molar-refractivity contribution in [1.82, 2.24) is 0 Å². The zero-order valence-corrected chi connectivity index (χ0v) is 4.55. The molecule has 3 nitrogen and oxygen atoms in total. The van der Waals surface area contributed by atoms with Gasteiger partial charge < -0.3 is 13.0 Å². The quantitative estimate of drug-likeness (QED) is 0.212. The third-order valence-corrected chi connectivity index (χ3v) is 0. The average Bonchev–Trinajstić information content (AvgIpc) is 0.811. The molecule has 0 aromatic carbocycles. The second-order valence-electron chi connectivity index (χ2n) is 0.217. The van der Waals surface area contributed by atoms with Crippen LogP contribution in [-0.2, 0) is 41.1 Å². The number of hydrogen-bond donors (Lipinski definition) is 1. The molecule has 0 saturated carbocycles. The molecule has 0 unspecified atom stereocenters. The molecule has 0 bridgehead atoms. The molecular formula is HO3STi-. The van der Waals surface area contributed by atoms with Gasteiger partial charge in [0.05, 0.1) is 0 Å². The van der Waals surface area contributed by atoms with E-state index in [1.54, 1.807) is 0 Å². The second kappa shape index (κ2) is 4.62. The zero-order valence-electron chi connectivity index (χ0n) is 2.17. The van der Waals surface area contributed by atoms with Gasteiger partial charge in [-0.3, -0.25) is 0 Å². The van der Waals surface area contributed by atoms with Crippen LogP contribution in [-0.4, -0.2) is 4.55 Å². The Morgan fingerprint density at radius 1 is 1.40 bits per heavy atom. The largest absolute Gasteiger partial charge is 0.439 e. The van der Waals surface area contributed by atoms with Crippen LogP contribution in [0.4, 0.5) is 0 Å². The summed E-state index contributed by atoms with van der Waals surface area (Å²) < 4.78 is 24.1. The van der Waals surface area contributed by atoms with Crippen molar-refractivity contribution in [3.8, 4) is 0 Å². The fraction of sp³-hybridized carbons (Fsp3) is 0. The predicted molar refractivity (Wildman–Crippen MR) is 11.4 cm³/mol. The molecule has 5 heavy (non-hydrogen) atoms. The maximum Gasteiger partial charge on any atom is 0.0495 e. The summed E-state index contributed by atoms with van der Waals surface area (Å²) in [5.41, 5.74) is 0. The Morgan fingerprint density at radius 2 is 1.40 bits per heavy atom. The van der Waals surface area contributed by atoms with Crippen molar-refractivity contribution >= 4 is 11.0 Å². The van der Waals surface area contributed by atoms with Gasteiger partial charge in [-0.1, -0.05) is 0 Å². The van der Waals surface area contributed by atoms with Crippen LogP contribution in [0.25, 0.3) is 0 Å². The van der Waals surface area contributed by atoms with Gasteiger partial charge in [0.15, 0.2) is 0 Å². The molecule has 0 rings (SSSR count). The molecule has 0 fully saturated rings. The van der Waals surface area contributed by atoms with Crippen molar-refractivity contribution < 1.29 is 34.7 Å². The summed E-state index contributed by atoms with van der Waals surface area (Å²) in [5.74, 6) is 0. The Bertz CT molecular complexity index is 55.3. The summed E-state index contributed by atoms with van der Waals surface area (Å²) in [6, 6.07) is 0. The molecular weight excluding hydrogens is 128 g/mol. The van der Waals surface area contributed by atoms with Crippen molar-refractivity contribution in [1.29, 1.82) is 0 Å². The van der Waals surface area contributed by atoms with E-state index >= 15 is 0 Å². The third-order valence-electron chi connectivity index (χ3n) is 0. The zero-order chi connectivity index (χ0) is 3.58. The molecule has 30 valence electrons. The minimum absolute atomic E-state index is 0. The van der Waals surface area contributed by atoms with E-state index in [1.165, 1.54) is 0 Å². The number of hydrogen-bond acceptors (Lipinski definition) is 3. The molecule has 0 aromatic heterocycles. The number of rotatable bonds is 0. The van der Waals surface area contributed by atoms with E-state index in [0.29, 0.717) is 0 Å². The van der Waals surface area contributed by atoms with Crippen LogP contribution in [0.15, 0.2) is 0 Å². The van der Waals surface area contributed by atoms with Crippen LogP contribution < -0.4 is 0 Å². The van der Waals surface area contributed by atoms with E-state index in [0.717, 1.165) is 0 Å². The van der Waals surface area contributed by atoms with Crippen molar-refractivity contribution in [2.24, 2.45) is 0 Å². The first kappa shape index (κ1) is 9.16. The van der Waals surface area contributed by atoms with E-state index < -0.39 is 11.0 Å². The maximum absolute atomic E-state index is 8.56. The summed E-state index contributed by atoms with van der Waals surface area (Å²) >= 11 is 0. The van der Waals surface area contributed by atoms with Crippen LogP contribution in [0.1, 0.15) is 0 Å². The van der Waals surface area contributed by atoms with Crippen LogP contribution in [0.3, 0.4) is 0 Å². The average molecular weight is 129 g/mol. The fourth-order valence-corrected chi connectivity index (χ4v) is 0. The standard InChI is InChI=1S/HO3S.Ti/c1-4(2)3;/h(H,1,2,3);/q-1;. The van der Waals surface area contributed by atoms with Gasteiger partial charge in [0, 0.05) is 32.7 Å². The van der Waals surface area contributed by atoms with Crippen molar-refractivity contribution in [3.05, 3.63) is 0 Å².